The first-order valence-corrected chi connectivity index (χ1v) is 11.6. The van der Waals surface area contributed by atoms with Gasteiger partial charge in [0.25, 0.3) is 0 Å². The lowest BCUT2D eigenvalue weighted by Crippen LogP contribution is -2.34. The molecule has 0 radical (unpaired) electrons. The van der Waals surface area contributed by atoms with Crippen LogP contribution in [0.5, 0.6) is 0 Å². The number of nitrogens with zero attached hydrogens (tertiary/aromatic N) is 2. The second kappa shape index (κ2) is 8.55. The molecule has 1 aliphatic rings. The van der Waals surface area contributed by atoms with Crippen LogP contribution in [0.1, 0.15) is 73.1 Å². The van der Waals surface area contributed by atoms with Crippen LogP contribution in [0.3, 0.4) is 0 Å². The van der Waals surface area contributed by atoms with Gasteiger partial charge in [-0.2, -0.15) is 0 Å². The smallest absolute Gasteiger partial charge is 0.335 e. The Morgan fingerprint density at radius 3 is 2.12 bits per heavy atom. The van der Waals surface area contributed by atoms with Crippen molar-refractivity contribution in [1.82, 2.24) is 9.97 Å². The third kappa shape index (κ3) is 4.63. The van der Waals surface area contributed by atoms with Gasteiger partial charge in [-0.3, -0.25) is 0 Å². The van der Waals surface area contributed by atoms with Gasteiger partial charge in [0.05, 0.1) is 5.56 Å². The molecule has 0 fully saturated rings. The zero-order valence-electron chi connectivity index (χ0n) is 18.9. The molecule has 0 spiro atoms. The fraction of sp³-hybridized carbons (Fsp3) is 0.296. The highest BCUT2D eigenvalue weighted by Crippen LogP contribution is 2.48. The summed E-state index contributed by atoms with van der Waals surface area (Å²) in [4.78, 5) is 21.1. The summed E-state index contributed by atoms with van der Waals surface area (Å²) in [5.74, 6) is -0.915. The van der Waals surface area contributed by atoms with Crippen LogP contribution in [-0.4, -0.2) is 21.0 Å². The molecule has 164 valence electrons. The molecule has 1 N–H and O–H groups in total. The lowest BCUT2D eigenvalue weighted by molar-refractivity contribution is 0.0697. The molecule has 4 nitrogen and oxygen atoms in total. The van der Waals surface area contributed by atoms with Gasteiger partial charge in [-0.25, -0.2) is 14.8 Å². The fourth-order valence-electron chi connectivity index (χ4n) is 4.19. The van der Waals surface area contributed by atoms with Crippen molar-refractivity contribution in [1.29, 1.82) is 0 Å². The van der Waals surface area contributed by atoms with Gasteiger partial charge in [-0.15, -0.1) is 0 Å². The summed E-state index contributed by atoms with van der Waals surface area (Å²) in [5.41, 5.74) is 5.39. The Bertz CT molecular complexity index is 1170. The lowest BCUT2D eigenvalue weighted by atomic mass is 9.63. The van der Waals surface area contributed by atoms with E-state index in [-0.39, 0.29) is 16.4 Å². The molecule has 2 aromatic carbocycles. The van der Waals surface area contributed by atoms with E-state index in [2.05, 4.69) is 55.9 Å². The SMILES string of the molecule is CC1(C)CCC(C)(C)c2cc(Sc3ncccn3)c(/C=C/c3ccc(C(=O)O)cc3)cc21. The largest absolute Gasteiger partial charge is 0.478 e. The van der Waals surface area contributed by atoms with Gasteiger partial charge in [-0.05, 0) is 88.0 Å². The van der Waals surface area contributed by atoms with Gasteiger partial charge in [0.15, 0.2) is 5.16 Å². The molecule has 5 heteroatoms. The van der Waals surface area contributed by atoms with Crippen molar-refractivity contribution >= 4 is 29.9 Å². The Morgan fingerprint density at radius 2 is 1.53 bits per heavy atom. The van der Waals surface area contributed by atoms with Crippen LogP contribution in [0.25, 0.3) is 12.2 Å². The van der Waals surface area contributed by atoms with E-state index in [1.54, 1.807) is 36.3 Å². The van der Waals surface area contributed by atoms with E-state index < -0.39 is 5.97 Å². The summed E-state index contributed by atoms with van der Waals surface area (Å²) in [6, 6.07) is 13.4. The van der Waals surface area contributed by atoms with Crippen molar-refractivity contribution in [3.63, 3.8) is 0 Å². The van der Waals surface area contributed by atoms with Gasteiger partial charge in [0, 0.05) is 17.3 Å². The first-order valence-electron chi connectivity index (χ1n) is 10.8. The van der Waals surface area contributed by atoms with Crippen molar-refractivity contribution in [2.75, 3.05) is 0 Å². The molecule has 0 unspecified atom stereocenters. The van der Waals surface area contributed by atoms with Crippen LogP contribution < -0.4 is 0 Å². The van der Waals surface area contributed by atoms with E-state index in [1.807, 2.05) is 24.3 Å². The Hall–Kier alpha value is -2.92. The molecule has 0 saturated heterocycles. The Kier molecular flexibility index (Phi) is 5.95. The summed E-state index contributed by atoms with van der Waals surface area (Å²) < 4.78 is 0. The van der Waals surface area contributed by atoms with Crippen LogP contribution in [0, 0.1) is 0 Å². The molecule has 0 aliphatic heterocycles. The molecular weight excluding hydrogens is 416 g/mol. The van der Waals surface area contributed by atoms with Crippen LogP contribution in [-0.2, 0) is 10.8 Å². The molecule has 0 amide bonds. The molecule has 1 aliphatic carbocycles. The first kappa shape index (κ1) is 22.3. The van der Waals surface area contributed by atoms with Crippen molar-refractivity contribution in [3.05, 3.63) is 82.7 Å². The fourth-order valence-corrected chi connectivity index (χ4v) is 5.03. The summed E-state index contributed by atoms with van der Waals surface area (Å²) in [7, 11) is 0. The van der Waals surface area contributed by atoms with Crippen LogP contribution in [0.2, 0.25) is 0 Å². The van der Waals surface area contributed by atoms with Crippen molar-refractivity contribution in [3.8, 4) is 0 Å². The number of benzene rings is 2. The minimum atomic E-state index is -0.915. The topological polar surface area (TPSA) is 63.1 Å². The number of hydrogen-bond donors (Lipinski definition) is 1. The van der Waals surface area contributed by atoms with Crippen LogP contribution in [0.15, 0.2) is 64.9 Å². The van der Waals surface area contributed by atoms with Crippen LogP contribution in [0.4, 0.5) is 0 Å². The highest BCUT2D eigenvalue weighted by Gasteiger charge is 2.37. The molecule has 3 aromatic rings. The van der Waals surface area contributed by atoms with E-state index in [0.29, 0.717) is 0 Å². The first-order chi connectivity index (χ1) is 15.2. The zero-order valence-corrected chi connectivity index (χ0v) is 19.7. The maximum Gasteiger partial charge on any atom is 0.335 e. The molecule has 0 bridgehead atoms. The quantitative estimate of drug-likeness (QED) is 0.344. The predicted molar refractivity (Wildman–Crippen MR) is 130 cm³/mol. The normalized spacial score (nSPS) is 16.6. The summed E-state index contributed by atoms with van der Waals surface area (Å²) in [6.07, 6.45) is 9.98. The van der Waals surface area contributed by atoms with Gasteiger partial charge in [0.1, 0.15) is 0 Å². The van der Waals surface area contributed by atoms with Crippen molar-refractivity contribution in [2.24, 2.45) is 0 Å². The minimum Gasteiger partial charge on any atom is -0.478 e. The number of hydrogen-bond acceptors (Lipinski definition) is 4. The molecule has 0 saturated carbocycles. The maximum atomic E-state index is 11.1. The number of carboxylic acid groups (broad SMARTS) is 1. The van der Waals surface area contributed by atoms with Crippen molar-refractivity contribution in [2.45, 2.75) is 61.4 Å². The average Bonchev–Trinajstić information content (AvgIpc) is 2.77. The highest BCUT2D eigenvalue weighted by atomic mass is 32.2. The molecule has 0 atom stereocenters. The van der Waals surface area contributed by atoms with Crippen LogP contribution >= 0.6 is 11.8 Å². The van der Waals surface area contributed by atoms with E-state index in [9.17, 15) is 4.79 Å². The minimum absolute atomic E-state index is 0.114. The highest BCUT2D eigenvalue weighted by molar-refractivity contribution is 7.99. The standard InChI is InChI=1S/C27H28N2O2S/c1-26(2)12-13-27(3,4)22-17-23(32-25-28-14-5-15-29-25)20(16-21(22)26)11-8-18-6-9-19(10-7-18)24(30)31/h5-11,14-17H,12-13H2,1-4H3,(H,30,31)/b11-8+. The monoisotopic (exact) mass is 444 g/mol. The molecule has 1 heterocycles. The third-order valence-electron chi connectivity index (χ3n) is 6.34. The summed E-state index contributed by atoms with van der Waals surface area (Å²) >= 11 is 1.58. The average molecular weight is 445 g/mol. The van der Waals surface area contributed by atoms with Gasteiger partial charge < -0.3 is 5.11 Å². The molecule has 4 rings (SSSR count). The maximum absolute atomic E-state index is 11.1. The second-order valence-electron chi connectivity index (χ2n) is 9.60. The molecule has 1 aromatic heterocycles. The Labute approximate surface area is 193 Å². The van der Waals surface area contributed by atoms with Crippen molar-refractivity contribution < 1.29 is 9.90 Å². The van der Waals surface area contributed by atoms with Gasteiger partial charge >= 0.3 is 5.97 Å². The lowest BCUT2D eigenvalue weighted by Gasteiger charge is -2.42. The summed E-state index contributed by atoms with van der Waals surface area (Å²) in [5, 5.41) is 9.85. The number of carboxylic acids is 1. The number of fused-ring (bicyclic) bond motifs is 1. The third-order valence-corrected chi connectivity index (χ3v) is 7.31. The number of aromatic nitrogens is 2. The predicted octanol–water partition coefficient (Wildman–Crippen LogP) is 6.85. The zero-order chi connectivity index (χ0) is 22.9. The van der Waals surface area contributed by atoms with E-state index in [0.717, 1.165) is 34.0 Å². The second-order valence-corrected chi connectivity index (χ2v) is 10.6. The summed E-state index contributed by atoms with van der Waals surface area (Å²) in [6.45, 7) is 9.31. The Balaban J connectivity index is 1.79. The number of rotatable bonds is 5. The van der Waals surface area contributed by atoms with E-state index in [1.165, 1.54) is 11.1 Å². The van der Waals surface area contributed by atoms with E-state index in [4.69, 9.17) is 5.11 Å². The van der Waals surface area contributed by atoms with Gasteiger partial charge in [-0.1, -0.05) is 52.0 Å². The number of carbonyl (C=O) groups is 1. The van der Waals surface area contributed by atoms with Gasteiger partial charge in [0.2, 0.25) is 0 Å². The number of aromatic carboxylic acids is 1. The molecular formula is C27H28N2O2S. The Morgan fingerprint density at radius 1 is 0.938 bits per heavy atom. The van der Waals surface area contributed by atoms with E-state index >= 15 is 0 Å². The molecule has 32 heavy (non-hydrogen) atoms.